The molecule has 3 rings (SSSR count). The van der Waals surface area contributed by atoms with Gasteiger partial charge >= 0.3 is 5.97 Å². The monoisotopic (exact) mass is 423 g/mol. The first kappa shape index (κ1) is 22.0. The summed E-state index contributed by atoms with van der Waals surface area (Å²) in [4.78, 5) is 51.0. The van der Waals surface area contributed by atoms with E-state index in [9.17, 15) is 19.2 Å². The van der Waals surface area contributed by atoms with Gasteiger partial charge in [-0.25, -0.2) is 0 Å². The number of rotatable bonds is 6. The molecular weight excluding hydrogens is 398 g/mol. The highest BCUT2D eigenvalue weighted by Crippen LogP contribution is 2.36. The number of hydrogen-bond acceptors (Lipinski definition) is 5. The Morgan fingerprint density at radius 1 is 1.06 bits per heavy atom. The standard InChI is InChI=1S/C23H25N3O5/c1-15(24-21(29)16-9-5-4-6-10-16)13-20(28)31-14-19(27)26-18-12-8-7-11-17(18)25-22(30)23(26,2)3/h4-12,15H,13-14H2,1-3H3,(H,24,29)(H,25,30). The van der Waals surface area contributed by atoms with Gasteiger partial charge in [0.05, 0.1) is 17.8 Å². The summed E-state index contributed by atoms with van der Waals surface area (Å²) in [7, 11) is 0. The highest BCUT2D eigenvalue weighted by Gasteiger charge is 2.43. The van der Waals surface area contributed by atoms with Crippen LogP contribution in [0.1, 0.15) is 37.6 Å². The second-order valence-electron chi connectivity index (χ2n) is 7.86. The SMILES string of the molecule is CC(CC(=O)OCC(=O)N1c2ccccc2NC(=O)C1(C)C)NC(=O)c1ccccc1. The van der Waals surface area contributed by atoms with Gasteiger partial charge in [0.25, 0.3) is 11.8 Å². The van der Waals surface area contributed by atoms with Crippen molar-refractivity contribution in [2.45, 2.75) is 38.8 Å². The molecule has 162 valence electrons. The number of amides is 3. The maximum absolute atomic E-state index is 12.9. The van der Waals surface area contributed by atoms with Gasteiger partial charge in [-0.05, 0) is 45.0 Å². The molecule has 2 aromatic carbocycles. The van der Waals surface area contributed by atoms with Crippen molar-refractivity contribution >= 4 is 35.1 Å². The molecule has 31 heavy (non-hydrogen) atoms. The summed E-state index contributed by atoms with van der Waals surface area (Å²) in [5.41, 5.74) is 0.400. The number of ether oxygens (including phenoxy) is 1. The minimum atomic E-state index is -1.14. The summed E-state index contributed by atoms with van der Waals surface area (Å²) in [6.45, 7) is 4.42. The zero-order valence-electron chi connectivity index (χ0n) is 17.7. The largest absolute Gasteiger partial charge is 0.455 e. The van der Waals surface area contributed by atoms with Gasteiger partial charge in [-0.2, -0.15) is 0 Å². The van der Waals surface area contributed by atoms with E-state index in [4.69, 9.17) is 4.74 Å². The van der Waals surface area contributed by atoms with Gasteiger partial charge in [-0.1, -0.05) is 30.3 Å². The van der Waals surface area contributed by atoms with Crippen LogP contribution in [-0.2, 0) is 19.1 Å². The van der Waals surface area contributed by atoms with Crippen molar-refractivity contribution < 1.29 is 23.9 Å². The van der Waals surface area contributed by atoms with E-state index in [1.807, 2.05) is 0 Å². The Labute approximate surface area is 180 Å². The van der Waals surface area contributed by atoms with Gasteiger partial charge in [-0.3, -0.25) is 24.1 Å². The van der Waals surface area contributed by atoms with E-state index in [1.165, 1.54) is 4.90 Å². The maximum Gasteiger partial charge on any atom is 0.308 e. The average molecular weight is 423 g/mol. The van der Waals surface area contributed by atoms with E-state index in [0.29, 0.717) is 16.9 Å². The lowest BCUT2D eigenvalue weighted by Gasteiger charge is -2.41. The van der Waals surface area contributed by atoms with Crippen molar-refractivity contribution in [3.63, 3.8) is 0 Å². The van der Waals surface area contributed by atoms with Gasteiger partial charge in [0.1, 0.15) is 5.54 Å². The molecule has 2 aromatic rings. The van der Waals surface area contributed by atoms with Crippen LogP contribution < -0.4 is 15.5 Å². The predicted octanol–water partition coefficient (Wildman–Crippen LogP) is 2.50. The number of fused-ring (bicyclic) bond motifs is 1. The predicted molar refractivity (Wildman–Crippen MR) is 116 cm³/mol. The van der Waals surface area contributed by atoms with E-state index in [2.05, 4.69) is 10.6 Å². The van der Waals surface area contributed by atoms with Crippen molar-refractivity contribution in [1.29, 1.82) is 0 Å². The summed E-state index contributed by atoms with van der Waals surface area (Å²) in [6.07, 6.45) is -0.0910. The fourth-order valence-electron chi connectivity index (χ4n) is 3.36. The summed E-state index contributed by atoms with van der Waals surface area (Å²) < 4.78 is 5.15. The lowest BCUT2D eigenvalue weighted by Crippen LogP contribution is -2.59. The van der Waals surface area contributed by atoms with Gasteiger partial charge in [0.2, 0.25) is 5.91 Å². The summed E-state index contributed by atoms with van der Waals surface area (Å²) in [5.74, 6) is -1.76. The first-order valence-electron chi connectivity index (χ1n) is 9.95. The quantitative estimate of drug-likeness (QED) is 0.695. The number of para-hydroxylation sites is 2. The normalized spacial score (nSPS) is 15.3. The number of nitrogens with one attached hydrogen (secondary N) is 2. The summed E-state index contributed by atoms with van der Waals surface area (Å²) >= 11 is 0. The van der Waals surface area contributed by atoms with Crippen LogP contribution in [0, 0.1) is 0 Å². The molecule has 0 spiro atoms. The van der Waals surface area contributed by atoms with Crippen LogP contribution in [0.3, 0.4) is 0 Å². The molecule has 0 aliphatic carbocycles. The van der Waals surface area contributed by atoms with E-state index >= 15 is 0 Å². The van der Waals surface area contributed by atoms with Gasteiger partial charge < -0.3 is 15.4 Å². The number of anilines is 2. The third kappa shape index (κ3) is 4.91. The number of hydrogen-bond donors (Lipinski definition) is 2. The molecule has 2 N–H and O–H groups in total. The number of carbonyl (C=O) groups is 4. The number of carbonyl (C=O) groups excluding carboxylic acids is 4. The van der Waals surface area contributed by atoms with Crippen molar-refractivity contribution in [3.05, 3.63) is 60.2 Å². The molecule has 1 aliphatic rings. The first-order chi connectivity index (χ1) is 14.7. The fraction of sp³-hybridized carbons (Fsp3) is 0.304. The lowest BCUT2D eigenvalue weighted by atomic mass is 9.96. The van der Waals surface area contributed by atoms with Gasteiger partial charge in [-0.15, -0.1) is 0 Å². The Balaban J connectivity index is 1.58. The zero-order valence-corrected chi connectivity index (χ0v) is 17.7. The molecule has 0 fully saturated rings. The van der Waals surface area contributed by atoms with Crippen LogP contribution in [0.4, 0.5) is 11.4 Å². The minimum Gasteiger partial charge on any atom is -0.455 e. The maximum atomic E-state index is 12.9. The lowest BCUT2D eigenvalue weighted by molar-refractivity contribution is -0.148. The average Bonchev–Trinajstić information content (AvgIpc) is 2.73. The smallest absolute Gasteiger partial charge is 0.308 e. The van der Waals surface area contributed by atoms with E-state index in [1.54, 1.807) is 75.4 Å². The van der Waals surface area contributed by atoms with E-state index < -0.39 is 30.1 Å². The van der Waals surface area contributed by atoms with Crippen LogP contribution in [0.25, 0.3) is 0 Å². The molecule has 1 heterocycles. The Hall–Kier alpha value is -3.68. The molecule has 0 aromatic heterocycles. The first-order valence-corrected chi connectivity index (χ1v) is 9.95. The topological polar surface area (TPSA) is 105 Å². The van der Waals surface area contributed by atoms with Crippen LogP contribution >= 0.6 is 0 Å². The molecule has 0 bridgehead atoms. The van der Waals surface area contributed by atoms with Crippen molar-refractivity contribution in [2.24, 2.45) is 0 Å². The van der Waals surface area contributed by atoms with E-state index in [0.717, 1.165) is 0 Å². The highest BCUT2D eigenvalue weighted by atomic mass is 16.5. The number of esters is 1. The molecule has 3 amide bonds. The Morgan fingerprint density at radius 3 is 2.42 bits per heavy atom. The third-order valence-electron chi connectivity index (χ3n) is 5.00. The van der Waals surface area contributed by atoms with Crippen molar-refractivity contribution in [3.8, 4) is 0 Å². The van der Waals surface area contributed by atoms with Crippen molar-refractivity contribution in [2.75, 3.05) is 16.8 Å². The molecule has 0 saturated carbocycles. The van der Waals surface area contributed by atoms with Gasteiger partial charge in [0, 0.05) is 11.6 Å². The molecule has 0 radical (unpaired) electrons. The second-order valence-corrected chi connectivity index (χ2v) is 7.86. The molecule has 8 nitrogen and oxygen atoms in total. The number of nitrogens with zero attached hydrogens (tertiary/aromatic N) is 1. The van der Waals surface area contributed by atoms with Crippen LogP contribution in [-0.4, -0.2) is 41.9 Å². The molecule has 1 aliphatic heterocycles. The number of benzene rings is 2. The summed E-state index contributed by atoms with van der Waals surface area (Å²) in [6, 6.07) is 15.1. The molecule has 0 saturated heterocycles. The Kier molecular flexibility index (Phi) is 6.39. The molecular formula is C23H25N3O5. The molecule has 8 heteroatoms. The van der Waals surface area contributed by atoms with Crippen LogP contribution in [0.5, 0.6) is 0 Å². The fourth-order valence-corrected chi connectivity index (χ4v) is 3.36. The van der Waals surface area contributed by atoms with Crippen LogP contribution in [0.2, 0.25) is 0 Å². The second kappa shape index (κ2) is 8.99. The van der Waals surface area contributed by atoms with Crippen LogP contribution in [0.15, 0.2) is 54.6 Å². The summed E-state index contributed by atoms with van der Waals surface area (Å²) in [5, 5.41) is 5.50. The van der Waals surface area contributed by atoms with E-state index in [-0.39, 0.29) is 18.2 Å². The zero-order chi connectivity index (χ0) is 22.6. The molecule has 1 atom stereocenters. The minimum absolute atomic E-state index is 0.0910. The third-order valence-corrected chi connectivity index (χ3v) is 5.00. The highest BCUT2D eigenvalue weighted by molar-refractivity contribution is 6.14. The Morgan fingerprint density at radius 2 is 1.71 bits per heavy atom. The van der Waals surface area contributed by atoms with Gasteiger partial charge in [0.15, 0.2) is 6.61 Å². The van der Waals surface area contributed by atoms with Crippen molar-refractivity contribution in [1.82, 2.24) is 5.32 Å². The molecule has 1 unspecified atom stereocenters. The Bertz CT molecular complexity index is 1000.